The van der Waals surface area contributed by atoms with Crippen molar-refractivity contribution in [1.82, 2.24) is 0 Å². The van der Waals surface area contributed by atoms with E-state index in [9.17, 15) is 4.79 Å². The fourth-order valence-corrected chi connectivity index (χ4v) is 2.78. The highest BCUT2D eigenvalue weighted by Crippen LogP contribution is 2.28. The molecule has 0 N–H and O–H groups in total. The fourth-order valence-electron chi connectivity index (χ4n) is 2.37. The van der Waals surface area contributed by atoms with Gasteiger partial charge in [-0.15, -0.1) is 0 Å². The van der Waals surface area contributed by atoms with Gasteiger partial charge in [-0.3, -0.25) is 4.79 Å². The number of rotatable bonds is 8. The molecule has 0 saturated carbocycles. The maximum Gasteiger partial charge on any atom is 0.306 e. The Hall–Kier alpha value is -2.21. The van der Waals surface area contributed by atoms with Crippen molar-refractivity contribution in [2.75, 3.05) is 21.3 Å². The highest BCUT2D eigenvalue weighted by Gasteiger charge is 2.10. The maximum absolute atomic E-state index is 12.0. The second kappa shape index (κ2) is 9.32. The van der Waals surface area contributed by atoms with E-state index in [4.69, 9.17) is 18.9 Å². The number of hydrogen-bond donors (Lipinski definition) is 0. The van der Waals surface area contributed by atoms with Crippen molar-refractivity contribution in [3.63, 3.8) is 0 Å². The minimum Gasteiger partial charge on any atom is -0.496 e. The fraction of sp³-hybridized carbons (Fsp3) is 0.316. The number of carbonyl (C=O) groups is 1. The van der Waals surface area contributed by atoms with Crippen molar-refractivity contribution in [3.05, 3.63) is 52.0 Å². The van der Waals surface area contributed by atoms with Gasteiger partial charge in [0.2, 0.25) is 0 Å². The molecule has 0 heterocycles. The minimum atomic E-state index is -0.267. The number of ether oxygens (including phenoxy) is 4. The smallest absolute Gasteiger partial charge is 0.306 e. The van der Waals surface area contributed by atoms with Crippen LogP contribution < -0.4 is 14.2 Å². The van der Waals surface area contributed by atoms with Crippen LogP contribution in [-0.2, 0) is 22.6 Å². The molecule has 2 aromatic carbocycles. The van der Waals surface area contributed by atoms with Crippen molar-refractivity contribution < 1.29 is 23.7 Å². The van der Waals surface area contributed by atoms with Crippen molar-refractivity contribution in [2.24, 2.45) is 0 Å². The van der Waals surface area contributed by atoms with E-state index in [1.165, 1.54) is 0 Å². The van der Waals surface area contributed by atoms with Crippen molar-refractivity contribution in [2.45, 2.75) is 19.4 Å². The minimum absolute atomic E-state index is 0.174. The topological polar surface area (TPSA) is 54.0 Å². The van der Waals surface area contributed by atoms with E-state index >= 15 is 0 Å². The van der Waals surface area contributed by atoms with Gasteiger partial charge in [0, 0.05) is 16.5 Å². The summed E-state index contributed by atoms with van der Waals surface area (Å²) in [4.78, 5) is 12.0. The largest absolute Gasteiger partial charge is 0.496 e. The van der Waals surface area contributed by atoms with Gasteiger partial charge in [0.25, 0.3) is 0 Å². The summed E-state index contributed by atoms with van der Waals surface area (Å²) in [6.07, 6.45) is 0.848. The van der Waals surface area contributed by atoms with Crippen LogP contribution in [0.1, 0.15) is 17.5 Å². The summed E-state index contributed by atoms with van der Waals surface area (Å²) in [5.41, 5.74) is 1.80. The zero-order chi connectivity index (χ0) is 18.2. The Labute approximate surface area is 156 Å². The molecule has 134 valence electrons. The predicted octanol–water partition coefficient (Wildman–Crippen LogP) is 4.15. The number of hydrogen-bond acceptors (Lipinski definition) is 5. The van der Waals surface area contributed by atoms with Gasteiger partial charge in [-0.25, -0.2) is 0 Å². The molecule has 0 aromatic heterocycles. The maximum atomic E-state index is 12.0. The summed E-state index contributed by atoms with van der Waals surface area (Å²) in [6.45, 7) is 0.174. The van der Waals surface area contributed by atoms with Gasteiger partial charge in [-0.1, -0.05) is 22.0 Å². The Morgan fingerprint density at radius 1 is 0.920 bits per heavy atom. The highest BCUT2D eigenvalue weighted by molar-refractivity contribution is 9.10. The Morgan fingerprint density at radius 2 is 1.60 bits per heavy atom. The van der Waals surface area contributed by atoms with E-state index in [-0.39, 0.29) is 19.0 Å². The van der Waals surface area contributed by atoms with Gasteiger partial charge in [0.1, 0.15) is 12.4 Å². The Morgan fingerprint density at radius 3 is 2.28 bits per heavy atom. The van der Waals surface area contributed by atoms with E-state index < -0.39 is 0 Å². The van der Waals surface area contributed by atoms with E-state index in [0.717, 1.165) is 15.6 Å². The SMILES string of the molecule is COc1ccc(Br)cc1COC(=O)CCc1ccc(OC)c(OC)c1. The van der Waals surface area contributed by atoms with Gasteiger partial charge in [-0.05, 0) is 42.3 Å². The van der Waals surface area contributed by atoms with Crippen LogP contribution in [0.25, 0.3) is 0 Å². The Balaban J connectivity index is 1.90. The first-order valence-corrected chi connectivity index (χ1v) is 8.55. The highest BCUT2D eigenvalue weighted by atomic mass is 79.9. The summed E-state index contributed by atoms with van der Waals surface area (Å²) >= 11 is 3.40. The third kappa shape index (κ3) is 5.39. The molecular formula is C19H21BrO5. The number of benzene rings is 2. The molecule has 5 nitrogen and oxygen atoms in total. The van der Waals surface area contributed by atoms with Crippen molar-refractivity contribution >= 4 is 21.9 Å². The van der Waals surface area contributed by atoms with Crippen LogP contribution in [0.3, 0.4) is 0 Å². The standard InChI is InChI=1S/C19H21BrO5/c1-22-16-8-6-15(20)11-14(16)12-25-19(21)9-5-13-4-7-17(23-2)18(10-13)24-3/h4,6-8,10-11H,5,9,12H2,1-3H3. The summed E-state index contributed by atoms with van der Waals surface area (Å²) in [5.74, 6) is 1.73. The zero-order valence-electron chi connectivity index (χ0n) is 14.5. The Kier molecular flexibility index (Phi) is 7.13. The molecule has 0 bridgehead atoms. The third-order valence-electron chi connectivity index (χ3n) is 3.70. The average Bonchev–Trinajstić information content (AvgIpc) is 2.64. The van der Waals surface area contributed by atoms with Crippen LogP contribution in [0.15, 0.2) is 40.9 Å². The van der Waals surface area contributed by atoms with Crippen LogP contribution >= 0.6 is 15.9 Å². The molecule has 0 aliphatic rings. The van der Waals surface area contributed by atoms with Crippen LogP contribution in [0.4, 0.5) is 0 Å². The molecule has 0 spiro atoms. The third-order valence-corrected chi connectivity index (χ3v) is 4.19. The van der Waals surface area contributed by atoms with Crippen LogP contribution in [0, 0.1) is 0 Å². The first-order chi connectivity index (χ1) is 12.1. The lowest BCUT2D eigenvalue weighted by Crippen LogP contribution is -2.07. The lowest BCUT2D eigenvalue weighted by Gasteiger charge is -2.11. The van der Waals surface area contributed by atoms with Gasteiger partial charge >= 0.3 is 5.97 Å². The Bertz CT molecular complexity index is 730. The molecule has 0 atom stereocenters. The average molecular weight is 409 g/mol. The molecule has 0 aliphatic carbocycles. The molecule has 25 heavy (non-hydrogen) atoms. The number of esters is 1. The molecule has 2 rings (SSSR count). The van der Waals surface area contributed by atoms with Gasteiger partial charge in [0.05, 0.1) is 21.3 Å². The molecular weight excluding hydrogens is 388 g/mol. The second-order valence-electron chi connectivity index (χ2n) is 5.31. The van der Waals surface area contributed by atoms with Gasteiger partial charge < -0.3 is 18.9 Å². The molecule has 0 unspecified atom stereocenters. The van der Waals surface area contributed by atoms with E-state index in [0.29, 0.717) is 23.7 Å². The number of halogens is 1. The molecule has 0 saturated heterocycles. The van der Waals surface area contributed by atoms with Crippen LogP contribution in [-0.4, -0.2) is 27.3 Å². The summed E-state index contributed by atoms with van der Waals surface area (Å²) in [7, 11) is 4.76. The first-order valence-electron chi connectivity index (χ1n) is 7.76. The van der Waals surface area contributed by atoms with Crippen molar-refractivity contribution in [1.29, 1.82) is 0 Å². The lowest BCUT2D eigenvalue weighted by atomic mass is 10.1. The molecule has 0 fully saturated rings. The molecule has 0 aliphatic heterocycles. The number of carbonyl (C=O) groups excluding carboxylic acids is 1. The molecule has 0 radical (unpaired) electrons. The number of methoxy groups -OCH3 is 3. The van der Waals surface area contributed by atoms with Gasteiger partial charge in [0.15, 0.2) is 11.5 Å². The first kappa shape index (κ1) is 19.1. The van der Waals surface area contributed by atoms with Gasteiger partial charge in [-0.2, -0.15) is 0 Å². The van der Waals surface area contributed by atoms with Crippen LogP contribution in [0.5, 0.6) is 17.2 Å². The number of aryl methyl sites for hydroxylation is 1. The molecule has 0 amide bonds. The second-order valence-corrected chi connectivity index (χ2v) is 6.22. The zero-order valence-corrected chi connectivity index (χ0v) is 16.1. The van der Waals surface area contributed by atoms with E-state index in [1.54, 1.807) is 21.3 Å². The van der Waals surface area contributed by atoms with E-state index in [1.807, 2.05) is 36.4 Å². The van der Waals surface area contributed by atoms with Crippen molar-refractivity contribution in [3.8, 4) is 17.2 Å². The molecule has 2 aromatic rings. The summed E-state index contributed by atoms with van der Waals surface area (Å²) in [5, 5.41) is 0. The monoisotopic (exact) mass is 408 g/mol. The lowest BCUT2D eigenvalue weighted by molar-refractivity contribution is -0.144. The normalized spacial score (nSPS) is 10.2. The van der Waals surface area contributed by atoms with Crippen LogP contribution in [0.2, 0.25) is 0 Å². The summed E-state index contributed by atoms with van der Waals surface area (Å²) < 4.78 is 22.0. The van der Waals surface area contributed by atoms with E-state index in [2.05, 4.69) is 15.9 Å². The predicted molar refractivity (Wildman–Crippen MR) is 98.4 cm³/mol. The summed E-state index contributed by atoms with van der Waals surface area (Å²) in [6, 6.07) is 11.2. The quantitative estimate of drug-likeness (QED) is 0.614. The molecule has 6 heteroatoms.